The van der Waals surface area contributed by atoms with Crippen LogP contribution in [0.4, 0.5) is 4.39 Å². The molecule has 0 fully saturated rings. The first kappa shape index (κ1) is 26.8. The lowest BCUT2D eigenvalue weighted by atomic mass is 9.93. The number of halogens is 1. The fourth-order valence-electron chi connectivity index (χ4n) is 4.74. The van der Waals surface area contributed by atoms with Gasteiger partial charge in [-0.3, -0.25) is 14.6 Å². The predicted octanol–water partition coefficient (Wildman–Crippen LogP) is 7.02. The number of fused-ring (bicyclic) bond motifs is 1. The molecule has 0 saturated heterocycles. The highest BCUT2D eigenvalue weighted by Gasteiger charge is 2.23. The van der Waals surface area contributed by atoms with E-state index in [-0.39, 0.29) is 17.6 Å². The number of carbonyl (C=O) groups excluding carboxylic acids is 2. The van der Waals surface area contributed by atoms with Gasteiger partial charge in [0.15, 0.2) is 0 Å². The van der Waals surface area contributed by atoms with E-state index in [0.717, 1.165) is 27.9 Å². The third-order valence-electron chi connectivity index (χ3n) is 6.81. The minimum Gasteiger partial charge on any atom is -0.455 e. The topological polar surface area (TPSA) is 84.2 Å². The second-order valence-corrected chi connectivity index (χ2v) is 10.1. The minimum atomic E-state index is -0.373. The van der Waals surface area contributed by atoms with Crippen molar-refractivity contribution < 1.29 is 18.4 Å². The van der Waals surface area contributed by atoms with E-state index in [2.05, 4.69) is 15.6 Å². The highest BCUT2D eigenvalue weighted by atomic mass is 19.1. The fraction of sp³-hybridized carbons (Fsp3) is 0.182. The molecular weight excluding hydrogens is 505 g/mol. The van der Waals surface area contributed by atoms with E-state index in [4.69, 9.17) is 4.42 Å². The van der Waals surface area contributed by atoms with Crippen molar-refractivity contribution in [1.29, 1.82) is 0 Å². The van der Waals surface area contributed by atoms with Gasteiger partial charge in [-0.05, 0) is 78.1 Å². The number of aromatic nitrogens is 1. The normalized spacial score (nSPS) is 11.2. The molecule has 6 nitrogen and oxygen atoms in total. The molecule has 2 amide bonds. The summed E-state index contributed by atoms with van der Waals surface area (Å²) in [6.45, 7) is 6.57. The monoisotopic (exact) mass is 535 g/mol. The minimum absolute atomic E-state index is 0.164. The molecule has 0 atom stereocenters. The first-order valence-electron chi connectivity index (χ1n) is 13.2. The van der Waals surface area contributed by atoms with E-state index < -0.39 is 0 Å². The molecule has 0 radical (unpaired) electrons. The van der Waals surface area contributed by atoms with Crippen molar-refractivity contribution in [3.63, 3.8) is 0 Å². The van der Waals surface area contributed by atoms with Crippen LogP contribution in [0.1, 0.15) is 40.3 Å². The molecule has 0 aliphatic rings. The van der Waals surface area contributed by atoms with Gasteiger partial charge in [-0.25, -0.2) is 4.39 Å². The molecule has 5 rings (SSSR count). The number of rotatable bonds is 7. The van der Waals surface area contributed by atoms with E-state index in [1.807, 2.05) is 69.3 Å². The number of carbonyl (C=O) groups is 2. The molecule has 3 aromatic carbocycles. The van der Waals surface area contributed by atoms with Gasteiger partial charge in [0, 0.05) is 47.6 Å². The first-order valence-corrected chi connectivity index (χ1v) is 13.2. The van der Waals surface area contributed by atoms with E-state index in [9.17, 15) is 14.0 Å². The van der Waals surface area contributed by atoms with Crippen LogP contribution in [0.5, 0.6) is 0 Å². The molecule has 0 saturated carbocycles. The van der Waals surface area contributed by atoms with Gasteiger partial charge < -0.3 is 15.1 Å². The van der Waals surface area contributed by atoms with Crippen LogP contribution in [0.15, 0.2) is 83.4 Å². The number of nitrogens with zero attached hydrogens (tertiary/aromatic N) is 1. The Hall–Kier alpha value is -4.78. The number of furan rings is 1. The van der Waals surface area contributed by atoms with Crippen LogP contribution in [0.3, 0.4) is 0 Å². The summed E-state index contributed by atoms with van der Waals surface area (Å²) in [5.41, 5.74) is 6.17. The van der Waals surface area contributed by atoms with Gasteiger partial charge in [0.25, 0.3) is 11.8 Å². The average molecular weight is 536 g/mol. The Morgan fingerprint density at radius 2 is 1.60 bits per heavy atom. The van der Waals surface area contributed by atoms with E-state index in [1.54, 1.807) is 25.4 Å². The number of pyridine rings is 1. The number of benzene rings is 3. The quantitative estimate of drug-likeness (QED) is 0.235. The molecule has 0 aliphatic carbocycles. The van der Waals surface area contributed by atoms with E-state index in [1.165, 1.54) is 12.1 Å². The second kappa shape index (κ2) is 11.1. The summed E-state index contributed by atoms with van der Waals surface area (Å²) in [6, 6.07) is 21.0. The molecule has 202 valence electrons. The van der Waals surface area contributed by atoms with Crippen LogP contribution in [0.2, 0.25) is 0 Å². The molecule has 2 aromatic heterocycles. The predicted molar refractivity (Wildman–Crippen MR) is 156 cm³/mol. The van der Waals surface area contributed by atoms with Crippen LogP contribution in [0, 0.1) is 18.7 Å². The standard InChI is InChI=1S/C33H30FN3O3/c1-19(2)18-37-32(38)27-16-22(9-13-26(27)25-6-5-15-36-20(25)3)23-10-14-29-28(17-23)30(33(39)35-4)31(40-29)21-7-11-24(34)12-8-21/h5-17,19H,18H2,1-4H3,(H,35,39)(H,37,38). The van der Waals surface area contributed by atoms with Gasteiger partial charge in [-0.2, -0.15) is 0 Å². The Labute approximate surface area is 232 Å². The first-order chi connectivity index (χ1) is 19.3. The zero-order valence-electron chi connectivity index (χ0n) is 22.8. The van der Waals surface area contributed by atoms with Crippen LogP contribution >= 0.6 is 0 Å². The van der Waals surface area contributed by atoms with Crippen LogP contribution in [0.25, 0.3) is 44.5 Å². The number of hydrogen-bond acceptors (Lipinski definition) is 4. The van der Waals surface area contributed by atoms with Crippen molar-refractivity contribution in [3.8, 4) is 33.6 Å². The molecule has 40 heavy (non-hydrogen) atoms. The Morgan fingerprint density at radius 3 is 2.30 bits per heavy atom. The third kappa shape index (κ3) is 5.23. The van der Waals surface area contributed by atoms with Crippen molar-refractivity contribution in [2.45, 2.75) is 20.8 Å². The number of hydrogen-bond donors (Lipinski definition) is 2. The Kier molecular flexibility index (Phi) is 7.47. The SMILES string of the molecule is CNC(=O)c1c(-c2ccc(F)cc2)oc2ccc(-c3ccc(-c4cccnc4C)c(C(=O)NCC(C)C)c3)cc12. The third-order valence-corrected chi connectivity index (χ3v) is 6.81. The lowest BCUT2D eigenvalue weighted by Crippen LogP contribution is -2.27. The van der Waals surface area contributed by atoms with Crippen molar-refractivity contribution in [2.75, 3.05) is 13.6 Å². The highest BCUT2D eigenvalue weighted by molar-refractivity contribution is 6.12. The van der Waals surface area contributed by atoms with Crippen LogP contribution in [-0.2, 0) is 0 Å². The van der Waals surface area contributed by atoms with Crippen molar-refractivity contribution in [2.24, 2.45) is 5.92 Å². The number of nitrogens with one attached hydrogen (secondary N) is 2. The van der Waals surface area contributed by atoms with Crippen molar-refractivity contribution >= 4 is 22.8 Å². The lowest BCUT2D eigenvalue weighted by Gasteiger charge is -2.15. The van der Waals surface area contributed by atoms with Gasteiger partial charge in [-0.15, -0.1) is 0 Å². The van der Waals surface area contributed by atoms with Gasteiger partial charge in [0.2, 0.25) is 0 Å². The maximum Gasteiger partial charge on any atom is 0.255 e. The van der Waals surface area contributed by atoms with Gasteiger partial charge >= 0.3 is 0 Å². The molecular formula is C33H30FN3O3. The molecule has 5 aromatic rings. The molecule has 0 spiro atoms. The summed E-state index contributed by atoms with van der Waals surface area (Å²) in [7, 11) is 1.56. The number of amides is 2. The largest absolute Gasteiger partial charge is 0.455 e. The Bertz CT molecular complexity index is 1720. The lowest BCUT2D eigenvalue weighted by molar-refractivity contribution is 0.0946. The van der Waals surface area contributed by atoms with Crippen LogP contribution < -0.4 is 10.6 Å². The summed E-state index contributed by atoms with van der Waals surface area (Å²) in [4.78, 5) is 30.8. The average Bonchev–Trinajstić information content (AvgIpc) is 3.34. The van der Waals surface area contributed by atoms with Crippen molar-refractivity contribution in [3.05, 3.63) is 102 Å². The zero-order valence-corrected chi connectivity index (χ0v) is 22.8. The van der Waals surface area contributed by atoms with E-state index >= 15 is 0 Å². The Balaban J connectivity index is 1.65. The van der Waals surface area contributed by atoms with Gasteiger partial charge in [-0.1, -0.05) is 38.1 Å². The van der Waals surface area contributed by atoms with Gasteiger partial charge in [0.1, 0.15) is 17.2 Å². The maximum atomic E-state index is 13.6. The highest BCUT2D eigenvalue weighted by Crippen LogP contribution is 2.37. The summed E-state index contributed by atoms with van der Waals surface area (Å²) < 4.78 is 19.7. The summed E-state index contributed by atoms with van der Waals surface area (Å²) in [6.07, 6.45) is 1.73. The molecule has 0 aliphatic heterocycles. The second-order valence-electron chi connectivity index (χ2n) is 10.1. The molecule has 2 N–H and O–H groups in total. The molecule has 2 heterocycles. The molecule has 7 heteroatoms. The van der Waals surface area contributed by atoms with Crippen molar-refractivity contribution in [1.82, 2.24) is 15.6 Å². The zero-order chi connectivity index (χ0) is 28.4. The maximum absolute atomic E-state index is 13.6. The fourth-order valence-corrected chi connectivity index (χ4v) is 4.74. The number of aryl methyl sites for hydroxylation is 1. The van der Waals surface area contributed by atoms with Gasteiger partial charge in [0.05, 0.1) is 5.56 Å². The molecule has 0 bridgehead atoms. The smallest absolute Gasteiger partial charge is 0.255 e. The Morgan fingerprint density at radius 1 is 0.900 bits per heavy atom. The molecule has 0 unspecified atom stereocenters. The summed E-state index contributed by atoms with van der Waals surface area (Å²) in [5.74, 6) is -0.184. The van der Waals surface area contributed by atoms with E-state index in [0.29, 0.717) is 45.9 Å². The summed E-state index contributed by atoms with van der Waals surface area (Å²) >= 11 is 0. The van der Waals surface area contributed by atoms with Crippen LogP contribution in [-0.4, -0.2) is 30.4 Å². The summed E-state index contributed by atoms with van der Waals surface area (Å²) in [5, 5.41) is 6.35.